The van der Waals surface area contributed by atoms with Crippen LogP contribution in [-0.4, -0.2) is 34.7 Å². The number of nitrogens with one attached hydrogen (secondary N) is 2. The van der Waals surface area contributed by atoms with E-state index >= 15 is 0 Å². The maximum absolute atomic E-state index is 12.7. The minimum absolute atomic E-state index is 0.0646. The maximum atomic E-state index is 12.7. The van der Waals surface area contributed by atoms with Gasteiger partial charge in [-0.05, 0) is 43.0 Å². The number of fused-ring (bicyclic) bond motifs is 1. The Morgan fingerprint density at radius 1 is 1.14 bits per heavy atom. The van der Waals surface area contributed by atoms with Crippen molar-refractivity contribution in [2.24, 2.45) is 5.92 Å². The summed E-state index contributed by atoms with van der Waals surface area (Å²) in [6.07, 6.45) is 4.29. The summed E-state index contributed by atoms with van der Waals surface area (Å²) in [5.74, 6) is 2.06. The van der Waals surface area contributed by atoms with Crippen molar-refractivity contribution in [3.63, 3.8) is 0 Å². The van der Waals surface area contributed by atoms with Gasteiger partial charge in [-0.25, -0.2) is 4.68 Å². The lowest BCUT2D eigenvalue weighted by molar-refractivity contribution is -0.137. The van der Waals surface area contributed by atoms with Crippen LogP contribution in [0.5, 0.6) is 5.75 Å². The van der Waals surface area contributed by atoms with Crippen LogP contribution in [-0.2, 0) is 21.1 Å². The lowest BCUT2D eigenvalue weighted by atomic mass is 9.86. The molecule has 154 valence electrons. The number of nitrogens with zero attached hydrogens (tertiary/aromatic N) is 2. The van der Waals surface area contributed by atoms with Gasteiger partial charge >= 0.3 is 11.8 Å². The molecule has 2 N–H and O–H groups in total. The Kier molecular flexibility index (Phi) is 5.80. The molecule has 2 heterocycles. The number of benzene rings is 1. The number of hydrogen-bond donors (Lipinski definition) is 2. The molecule has 1 aromatic carbocycles. The van der Waals surface area contributed by atoms with E-state index in [1.807, 2.05) is 24.3 Å². The average Bonchev–Trinajstić information content (AvgIpc) is 3.32. The summed E-state index contributed by atoms with van der Waals surface area (Å²) in [6, 6.07) is 7.52. The van der Waals surface area contributed by atoms with Gasteiger partial charge in [-0.15, -0.1) is 0 Å². The predicted octanol–water partition coefficient (Wildman–Crippen LogP) is 3.26. The molecule has 0 spiro atoms. The molecule has 2 atom stereocenters. The largest absolute Gasteiger partial charge is 0.497 e. The highest BCUT2D eigenvalue weighted by Crippen LogP contribution is 2.36. The predicted molar refractivity (Wildman–Crippen MR) is 113 cm³/mol. The third-order valence-electron chi connectivity index (χ3n) is 5.74. The third-order valence-corrected chi connectivity index (χ3v) is 6.71. The first kappa shape index (κ1) is 19.8. The van der Waals surface area contributed by atoms with Gasteiger partial charge in [-0.1, -0.05) is 19.8 Å². The highest BCUT2D eigenvalue weighted by molar-refractivity contribution is 7.98. The van der Waals surface area contributed by atoms with Gasteiger partial charge in [-0.3, -0.25) is 9.59 Å². The smallest absolute Gasteiger partial charge is 0.314 e. The third kappa shape index (κ3) is 4.12. The highest BCUT2D eigenvalue weighted by Gasteiger charge is 2.29. The molecule has 1 aromatic heterocycles. The van der Waals surface area contributed by atoms with Crippen molar-refractivity contribution in [1.29, 1.82) is 0 Å². The number of rotatable bonds is 4. The van der Waals surface area contributed by atoms with E-state index < -0.39 is 11.8 Å². The Morgan fingerprint density at radius 2 is 1.90 bits per heavy atom. The van der Waals surface area contributed by atoms with Gasteiger partial charge < -0.3 is 15.4 Å². The number of anilines is 1. The zero-order valence-electron chi connectivity index (χ0n) is 16.7. The number of carbonyl (C=O) groups is 2. The normalized spacial score (nSPS) is 20.8. The summed E-state index contributed by atoms with van der Waals surface area (Å²) in [5, 5.41) is 10.4. The van der Waals surface area contributed by atoms with E-state index in [1.54, 1.807) is 23.6 Å². The van der Waals surface area contributed by atoms with Gasteiger partial charge in [0.05, 0.1) is 18.5 Å². The lowest BCUT2D eigenvalue weighted by Crippen LogP contribution is -2.46. The second kappa shape index (κ2) is 8.49. The molecule has 0 radical (unpaired) electrons. The molecular formula is C21H26N4O3S. The molecule has 0 unspecified atom stereocenters. The number of aromatic nitrogens is 2. The van der Waals surface area contributed by atoms with Crippen LogP contribution < -0.4 is 15.4 Å². The Labute approximate surface area is 174 Å². The molecule has 1 fully saturated rings. The summed E-state index contributed by atoms with van der Waals surface area (Å²) in [5.41, 5.74) is 2.74. The number of thioether (sulfide) groups is 1. The second-order valence-corrected chi connectivity index (χ2v) is 8.66. The Hall–Kier alpha value is -2.48. The summed E-state index contributed by atoms with van der Waals surface area (Å²) < 4.78 is 6.92. The maximum Gasteiger partial charge on any atom is 0.314 e. The molecule has 2 aliphatic rings. The monoisotopic (exact) mass is 414 g/mol. The van der Waals surface area contributed by atoms with Crippen LogP contribution in [0.2, 0.25) is 0 Å². The number of hydrogen-bond acceptors (Lipinski definition) is 5. The Bertz CT molecular complexity index is 909. The molecule has 8 heteroatoms. The fraction of sp³-hybridized carbons (Fsp3) is 0.476. The van der Waals surface area contributed by atoms with E-state index in [1.165, 1.54) is 6.42 Å². The van der Waals surface area contributed by atoms with Gasteiger partial charge in [0.15, 0.2) is 0 Å². The van der Waals surface area contributed by atoms with Crippen LogP contribution in [0.1, 0.15) is 43.9 Å². The van der Waals surface area contributed by atoms with Crippen LogP contribution >= 0.6 is 11.8 Å². The van der Waals surface area contributed by atoms with Gasteiger partial charge in [0.1, 0.15) is 11.6 Å². The highest BCUT2D eigenvalue weighted by atomic mass is 32.2. The van der Waals surface area contributed by atoms with Gasteiger partial charge in [-0.2, -0.15) is 16.9 Å². The number of carbonyl (C=O) groups excluding carboxylic acids is 2. The van der Waals surface area contributed by atoms with E-state index in [0.29, 0.717) is 11.7 Å². The minimum Gasteiger partial charge on any atom is -0.497 e. The Balaban J connectivity index is 1.54. The van der Waals surface area contributed by atoms with Crippen LogP contribution in [0.4, 0.5) is 5.82 Å². The quantitative estimate of drug-likeness (QED) is 0.750. The van der Waals surface area contributed by atoms with Crippen molar-refractivity contribution in [3.05, 3.63) is 35.5 Å². The summed E-state index contributed by atoms with van der Waals surface area (Å²) in [4.78, 5) is 25.2. The average molecular weight is 415 g/mol. The van der Waals surface area contributed by atoms with Crippen LogP contribution in [0.3, 0.4) is 0 Å². The molecular weight excluding hydrogens is 388 g/mol. The second-order valence-electron chi connectivity index (χ2n) is 7.67. The molecule has 1 aliphatic carbocycles. The molecule has 1 aliphatic heterocycles. The SMILES string of the molecule is COc1ccc(-n2nc3c(c2NC(=O)C(=O)N[C@H]2CCCC[C@@H]2C)CSC3)cc1. The van der Waals surface area contributed by atoms with E-state index in [2.05, 4.69) is 22.7 Å². The van der Waals surface area contributed by atoms with Crippen molar-refractivity contribution in [2.45, 2.75) is 50.2 Å². The van der Waals surface area contributed by atoms with Gasteiger partial charge in [0, 0.05) is 23.1 Å². The number of amides is 2. The van der Waals surface area contributed by atoms with Gasteiger partial charge in [0.25, 0.3) is 0 Å². The number of methoxy groups -OCH3 is 1. The lowest BCUT2D eigenvalue weighted by Gasteiger charge is -2.29. The first-order valence-electron chi connectivity index (χ1n) is 10.0. The number of ether oxygens (including phenoxy) is 1. The fourth-order valence-corrected chi connectivity index (χ4v) is 5.02. The molecule has 2 aromatic rings. The van der Waals surface area contributed by atoms with Crippen molar-refractivity contribution in [3.8, 4) is 11.4 Å². The standard InChI is InChI=1S/C21H26N4O3S/c1-13-5-3-4-6-17(13)22-20(26)21(27)23-19-16-11-29-12-18(16)24-25(19)14-7-9-15(28-2)10-8-14/h7-10,13,17H,3-6,11-12H2,1-2H3,(H,22,26)(H,23,27)/t13-,17-/m0/s1. The van der Waals surface area contributed by atoms with Crippen molar-refractivity contribution in [2.75, 3.05) is 12.4 Å². The molecule has 1 saturated carbocycles. The van der Waals surface area contributed by atoms with E-state index in [0.717, 1.165) is 53.5 Å². The first-order chi connectivity index (χ1) is 14.1. The summed E-state index contributed by atoms with van der Waals surface area (Å²) in [6.45, 7) is 2.13. The van der Waals surface area contributed by atoms with Crippen LogP contribution in [0.25, 0.3) is 5.69 Å². The van der Waals surface area contributed by atoms with E-state index in [-0.39, 0.29) is 6.04 Å². The van der Waals surface area contributed by atoms with Crippen LogP contribution in [0.15, 0.2) is 24.3 Å². The topological polar surface area (TPSA) is 85.2 Å². The van der Waals surface area contributed by atoms with Crippen molar-refractivity contribution in [1.82, 2.24) is 15.1 Å². The van der Waals surface area contributed by atoms with Crippen molar-refractivity contribution < 1.29 is 14.3 Å². The molecule has 0 saturated heterocycles. The molecule has 2 amide bonds. The molecule has 7 nitrogen and oxygen atoms in total. The zero-order valence-corrected chi connectivity index (χ0v) is 17.6. The molecule has 4 rings (SSSR count). The van der Waals surface area contributed by atoms with Gasteiger partial charge in [0.2, 0.25) is 0 Å². The Morgan fingerprint density at radius 3 is 2.62 bits per heavy atom. The first-order valence-corrected chi connectivity index (χ1v) is 11.2. The zero-order chi connectivity index (χ0) is 20.4. The fourth-order valence-electron chi connectivity index (χ4n) is 3.98. The van der Waals surface area contributed by atoms with E-state index in [9.17, 15) is 9.59 Å². The van der Waals surface area contributed by atoms with Crippen LogP contribution in [0, 0.1) is 5.92 Å². The molecule has 29 heavy (non-hydrogen) atoms. The van der Waals surface area contributed by atoms with Crippen molar-refractivity contribution >= 4 is 29.4 Å². The summed E-state index contributed by atoms with van der Waals surface area (Å²) >= 11 is 1.75. The van der Waals surface area contributed by atoms with E-state index in [4.69, 9.17) is 4.74 Å². The molecule has 0 bridgehead atoms. The summed E-state index contributed by atoms with van der Waals surface area (Å²) in [7, 11) is 1.62. The minimum atomic E-state index is -0.642.